The number of piperidine rings is 1. The highest BCUT2D eigenvalue weighted by atomic mass is 15.2. The maximum Gasteiger partial charge on any atom is 0.119 e. The Hall–Kier alpha value is -1.35. The predicted octanol–water partition coefficient (Wildman–Crippen LogP) is 2.52. The van der Waals surface area contributed by atoms with E-state index >= 15 is 0 Å². The molecule has 0 saturated carbocycles. The van der Waals surface area contributed by atoms with Crippen LogP contribution in [-0.4, -0.2) is 36.9 Å². The molecule has 1 atom stereocenters. The minimum absolute atomic E-state index is 0.336. The van der Waals surface area contributed by atoms with E-state index in [4.69, 9.17) is 0 Å². The Morgan fingerprint density at radius 2 is 1.84 bits per heavy atom. The molecule has 102 valence electrons. The van der Waals surface area contributed by atoms with Gasteiger partial charge >= 0.3 is 0 Å². The normalized spacial score (nSPS) is 21.8. The van der Waals surface area contributed by atoms with Crippen molar-refractivity contribution in [3.63, 3.8) is 0 Å². The first-order valence-electron chi connectivity index (χ1n) is 7.43. The molecule has 0 aromatic heterocycles. The molecule has 2 aliphatic heterocycles. The maximum atomic E-state index is 4.67. The molecule has 0 aliphatic carbocycles. The Morgan fingerprint density at radius 1 is 1.11 bits per heavy atom. The third-order valence-electron chi connectivity index (χ3n) is 4.11. The molecule has 3 heteroatoms. The number of likely N-dealkylation sites (tertiary alicyclic amines) is 1. The summed E-state index contributed by atoms with van der Waals surface area (Å²) >= 11 is 0. The van der Waals surface area contributed by atoms with E-state index in [0.717, 1.165) is 13.1 Å². The molecule has 3 nitrogen and oxygen atoms in total. The van der Waals surface area contributed by atoms with Gasteiger partial charge in [0.2, 0.25) is 0 Å². The number of benzene rings is 1. The summed E-state index contributed by atoms with van der Waals surface area (Å²) in [6.07, 6.45) is 4.00. The zero-order valence-electron chi connectivity index (χ0n) is 11.7. The standard InChI is InChI=1S/C16H23N3/c1-13-5-7-14(8-6-13)15(16-17-9-10-18-16)19-11-3-2-4-12-19/h5-8,15H,2-4,9-12H2,1H3,(H,17,18). The molecule has 19 heavy (non-hydrogen) atoms. The van der Waals surface area contributed by atoms with Gasteiger partial charge in [-0.3, -0.25) is 9.89 Å². The molecule has 0 spiro atoms. The molecule has 2 heterocycles. The van der Waals surface area contributed by atoms with Gasteiger partial charge in [0.15, 0.2) is 0 Å². The second-order valence-electron chi connectivity index (χ2n) is 5.60. The van der Waals surface area contributed by atoms with E-state index in [9.17, 15) is 0 Å². The average Bonchev–Trinajstić information content (AvgIpc) is 2.96. The highest BCUT2D eigenvalue weighted by Gasteiger charge is 2.28. The number of aliphatic imine (C=N–C) groups is 1. The molecule has 0 bridgehead atoms. The summed E-state index contributed by atoms with van der Waals surface area (Å²) in [5.74, 6) is 1.17. The highest BCUT2D eigenvalue weighted by molar-refractivity contribution is 5.89. The van der Waals surface area contributed by atoms with Gasteiger partial charge < -0.3 is 5.32 Å². The van der Waals surface area contributed by atoms with Crippen LogP contribution in [0.25, 0.3) is 0 Å². The second kappa shape index (κ2) is 5.74. The molecule has 2 aliphatic rings. The van der Waals surface area contributed by atoms with Crippen molar-refractivity contribution >= 4 is 5.84 Å². The number of nitrogens with one attached hydrogen (secondary N) is 1. The molecular weight excluding hydrogens is 234 g/mol. The van der Waals surface area contributed by atoms with E-state index in [1.807, 2.05) is 0 Å². The van der Waals surface area contributed by atoms with Crippen LogP contribution in [0.4, 0.5) is 0 Å². The van der Waals surface area contributed by atoms with Gasteiger partial charge in [-0.25, -0.2) is 0 Å². The molecule has 3 rings (SSSR count). The van der Waals surface area contributed by atoms with E-state index in [1.54, 1.807) is 0 Å². The Balaban J connectivity index is 1.88. The lowest BCUT2D eigenvalue weighted by Gasteiger charge is -2.35. The summed E-state index contributed by atoms with van der Waals surface area (Å²) in [5.41, 5.74) is 2.70. The van der Waals surface area contributed by atoms with Crippen LogP contribution in [0.5, 0.6) is 0 Å². The van der Waals surface area contributed by atoms with Crippen LogP contribution in [0, 0.1) is 6.92 Å². The van der Waals surface area contributed by atoms with Gasteiger partial charge in [-0.2, -0.15) is 0 Å². The lowest BCUT2D eigenvalue weighted by Crippen LogP contribution is -2.41. The summed E-state index contributed by atoms with van der Waals surface area (Å²) in [4.78, 5) is 7.26. The number of aryl methyl sites for hydroxylation is 1. The van der Waals surface area contributed by atoms with Crippen LogP contribution >= 0.6 is 0 Å². The van der Waals surface area contributed by atoms with Crippen molar-refractivity contribution in [2.24, 2.45) is 4.99 Å². The summed E-state index contributed by atoms with van der Waals surface area (Å²) in [5, 5.41) is 3.48. The fourth-order valence-electron chi connectivity index (χ4n) is 3.07. The van der Waals surface area contributed by atoms with Crippen LogP contribution in [0.15, 0.2) is 29.3 Å². The molecule has 1 fully saturated rings. The summed E-state index contributed by atoms with van der Waals surface area (Å²) in [6.45, 7) is 6.45. The Bertz CT molecular complexity index is 444. The van der Waals surface area contributed by atoms with Crippen molar-refractivity contribution < 1.29 is 0 Å². The molecule has 0 amide bonds. The number of nitrogens with zero attached hydrogens (tertiary/aromatic N) is 2. The summed E-state index contributed by atoms with van der Waals surface area (Å²) < 4.78 is 0. The minimum Gasteiger partial charge on any atom is -0.370 e. The van der Waals surface area contributed by atoms with E-state index in [1.165, 1.54) is 49.3 Å². The average molecular weight is 257 g/mol. The first kappa shape index (κ1) is 12.7. The van der Waals surface area contributed by atoms with Gasteiger partial charge in [0, 0.05) is 6.54 Å². The monoisotopic (exact) mass is 257 g/mol. The number of rotatable bonds is 3. The van der Waals surface area contributed by atoms with Crippen molar-refractivity contribution in [1.82, 2.24) is 10.2 Å². The molecular formula is C16H23N3. The highest BCUT2D eigenvalue weighted by Crippen LogP contribution is 2.26. The van der Waals surface area contributed by atoms with Gasteiger partial charge in [-0.1, -0.05) is 36.2 Å². The van der Waals surface area contributed by atoms with E-state index in [-0.39, 0.29) is 0 Å². The van der Waals surface area contributed by atoms with Gasteiger partial charge in [-0.05, 0) is 38.4 Å². The lowest BCUT2D eigenvalue weighted by molar-refractivity contribution is 0.201. The second-order valence-corrected chi connectivity index (χ2v) is 5.60. The zero-order chi connectivity index (χ0) is 13.1. The van der Waals surface area contributed by atoms with Crippen LogP contribution in [-0.2, 0) is 0 Å². The van der Waals surface area contributed by atoms with Gasteiger partial charge in [0.05, 0.1) is 12.6 Å². The summed E-state index contributed by atoms with van der Waals surface area (Å²) in [6, 6.07) is 9.28. The third kappa shape index (κ3) is 2.81. The molecule has 1 aromatic rings. The van der Waals surface area contributed by atoms with E-state index in [2.05, 4.69) is 46.4 Å². The minimum atomic E-state index is 0.336. The van der Waals surface area contributed by atoms with Crippen LogP contribution in [0.1, 0.15) is 36.4 Å². The molecule has 1 saturated heterocycles. The fourth-order valence-corrected chi connectivity index (χ4v) is 3.07. The quantitative estimate of drug-likeness (QED) is 0.901. The fraction of sp³-hybridized carbons (Fsp3) is 0.562. The van der Waals surface area contributed by atoms with Crippen molar-refractivity contribution in [3.8, 4) is 0 Å². The number of hydrogen-bond acceptors (Lipinski definition) is 3. The van der Waals surface area contributed by atoms with Crippen molar-refractivity contribution in [2.75, 3.05) is 26.2 Å². The van der Waals surface area contributed by atoms with Crippen molar-refractivity contribution in [2.45, 2.75) is 32.2 Å². The lowest BCUT2D eigenvalue weighted by atomic mass is 9.99. The van der Waals surface area contributed by atoms with Crippen molar-refractivity contribution in [3.05, 3.63) is 35.4 Å². The van der Waals surface area contributed by atoms with Crippen LogP contribution < -0.4 is 5.32 Å². The summed E-state index contributed by atoms with van der Waals surface area (Å²) in [7, 11) is 0. The first-order valence-corrected chi connectivity index (χ1v) is 7.43. The number of hydrogen-bond donors (Lipinski definition) is 1. The zero-order valence-corrected chi connectivity index (χ0v) is 11.7. The molecule has 1 N–H and O–H groups in total. The van der Waals surface area contributed by atoms with E-state index < -0.39 is 0 Å². The van der Waals surface area contributed by atoms with Gasteiger partial charge in [0.25, 0.3) is 0 Å². The Kier molecular flexibility index (Phi) is 3.83. The van der Waals surface area contributed by atoms with Crippen LogP contribution in [0.2, 0.25) is 0 Å². The molecule has 0 radical (unpaired) electrons. The van der Waals surface area contributed by atoms with Gasteiger partial charge in [-0.15, -0.1) is 0 Å². The smallest absolute Gasteiger partial charge is 0.119 e. The predicted molar refractivity (Wildman–Crippen MR) is 79.6 cm³/mol. The third-order valence-corrected chi connectivity index (χ3v) is 4.11. The largest absolute Gasteiger partial charge is 0.370 e. The Morgan fingerprint density at radius 3 is 2.47 bits per heavy atom. The topological polar surface area (TPSA) is 27.6 Å². The molecule has 1 aromatic carbocycles. The maximum absolute atomic E-state index is 4.67. The first-order chi connectivity index (χ1) is 9.34. The van der Waals surface area contributed by atoms with Crippen molar-refractivity contribution in [1.29, 1.82) is 0 Å². The van der Waals surface area contributed by atoms with Crippen LogP contribution in [0.3, 0.4) is 0 Å². The van der Waals surface area contributed by atoms with E-state index in [0.29, 0.717) is 6.04 Å². The molecule has 1 unspecified atom stereocenters. The SMILES string of the molecule is Cc1ccc(C(C2=NCCN2)N2CCCCC2)cc1. The Labute approximate surface area is 115 Å². The van der Waals surface area contributed by atoms with Gasteiger partial charge in [0.1, 0.15) is 5.84 Å². The number of amidine groups is 1.